The maximum Gasteiger partial charge on any atom is 0.225 e. The third kappa shape index (κ3) is 2.93. The lowest BCUT2D eigenvalue weighted by atomic mass is 9.98. The van der Waals surface area contributed by atoms with Crippen molar-refractivity contribution in [1.82, 2.24) is 19.5 Å². The first-order chi connectivity index (χ1) is 9.72. The molecule has 5 nitrogen and oxygen atoms in total. The van der Waals surface area contributed by atoms with Crippen molar-refractivity contribution in [1.29, 1.82) is 0 Å². The zero-order chi connectivity index (χ0) is 13.9. The molecule has 1 fully saturated rings. The number of rotatable bonds is 3. The standard InChI is InChI=1S/C14H18ClN5/c1-11-16-4-6-19(11)9-12-3-2-5-20(10-12)14-17-7-13(15)8-18-14/h4,6-8,12H,2-3,5,9-10H2,1H3/t12-/m1/s1. The normalized spacial score (nSPS) is 19.3. The first kappa shape index (κ1) is 13.4. The smallest absolute Gasteiger partial charge is 0.225 e. The van der Waals surface area contributed by atoms with Gasteiger partial charge in [0, 0.05) is 32.0 Å². The third-order valence-corrected chi connectivity index (χ3v) is 3.98. The molecule has 2 aromatic rings. The second-order valence-electron chi connectivity index (χ2n) is 5.28. The van der Waals surface area contributed by atoms with Gasteiger partial charge in [-0.05, 0) is 25.7 Å². The van der Waals surface area contributed by atoms with Gasteiger partial charge in [0.15, 0.2) is 0 Å². The highest BCUT2D eigenvalue weighted by Gasteiger charge is 2.22. The van der Waals surface area contributed by atoms with Gasteiger partial charge in [0.25, 0.3) is 0 Å². The van der Waals surface area contributed by atoms with E-state index in [1.54, 1.807) is 12.4 Å². The quantitative estimate of drug-likeness (QED) is 0.872. The van der Waals surface area contributed by atoms with Crippen LogP contribution in [0.3, 0.4) is 0 Å². The zero-order valence-electron chi connectivity index (χ0n) is 11.5. The molecule has 0 bridgehead atoms. The Labute approximate surface area is 123 Å². The van der Waals surface area contributed by atoms with Gasteiger partial charge in [-0.15, -0.1) is 0 Å². The predicted octanol–water partition coefficient (Wildman–Crippen LogP) is 2.55. The summed E-state index contributed by atoms with van der Waals surface area (Å²) in [6, 6.07) is 0. The average molecular weight is 292 g/mol. The van der Waals surface area contributed by atoms with Crippen LogP contribution in [0, 0.1) is 12.8 Å². The number of hydrogen-bond donors (Lipinski definition) is 0. The van der Waals surface area contributed by atoms with Crippen LogP contribution in [0.1, 0.15) is 18.7 Å². The molecular weight excluding hydrogens is 274 g/mol. The molecule has 1 aliphatic rings. The third-order valence-electron chi connectivity index (χ3n) is 3.79. The molecule has 0 aromatic carbocycles. The molecule has 0 saturated carbocycles. The number of hydrogen-bond acceptors (Lipinski definition) is 4. The summed E-state index contributed by atoms with van der Waals surface area (Å²) < 4.78 is 2.22. The van der Waals surface area contributed by atoms with Gasteiger partial charge in [0.1, 0.15) is 5.82 Å². The molecule has 0 spiro atoms. The summed E-state index contributed by atoms with van der Waals surface area (Å²) in [6.45, 7) is 5.05. The number of piperidine rings is 1. The Morgan fingerprint density at radius 3 is 2.80 bits per heavy atom. The Morgan fingerprint density at radius 1 is 1.30 bits per heavy atom. The maximum atomic E-state index is 5.84. The van der Waals surface area contributed by atoms with Crippen molar-refractivity contribution in [3.8, 4) is 0 Å². The summed E-state index contributed by atoms with van der Waals surface area (Å²) in [4.78, 5) is 15.2. The van der Waals surface area contributed by atoms with E-state index in [0.717, 1.165) is 31.4 Å². The van der Waals surface area contributed by atoms with Crippen LogP contribution < -0.4 is 4.90 Å². The molecule has 6 heteroatoms. The lowest BCUT2D eigenvalue weighted by molar-refractivity contribution is 0.361. The van der Waals surface area contributed by atoms with Gasteiger partial charge in [0.05, 0.1) is 17.4 Å². The Balaban J connectivity index is 1.67. The van der Waals surface area contributed by atoms with Crippen LogP contribution >= 0.6 is 11.6 Å². The van der Waals surface area contributed by atoms with E-state index in [1.165, 1.54) is 12.8 Å². The van der Waals surface area contributed by atoms with Crippen molar-refractivity contribution in [3.05, 3.63) is 35.6 Å². The second kappa shape index (κ2) is 5.79. The molecule has 0 N–H and O–H groups in total. The Bertz CT molecular complexity index is 565. The summed E-state index contributed by atoms with van der Waals surface area (Å²) in [7, 11) is 0. The topological polar surface area (TPSA) is 46.8 Å². The van der Waals surface area contributed by atoms with Crippen molar-refractivity contribution in [2.24, 2.45) is 5.92 Å². The average Bonchev–Trinajstić information content (AvgIpc) is 2.85. The molecule has 20 heavy (non-hydrogen) atoms. The minimum Gasteiger partial charge on any atom is -0.340 e. The second-order valence-corrected chi connectivity index (χ2v) is 5.72. The van der Waals surface area contributed by atoms with Gasteiger partial charge >= 0.3 is 0 Å². The fraction of sp³-hybridized carbons (Fsp3) is 0.500. The fourth-order valence-corrected chi connectivity index (χ4v) is 2.84. The highest BCUT2D eigenvalue weighted by molar-refractivity contribution is 6.30. The molecular formula is C14H18ClN5. The first-order valence-corrected chi connectivity index (χ1v) is 7.30. The fourth-order valence-electron chi connectivity index (χ4n) is 2.74. The zero-order valence-corrected chi connectivity index (χ0v) is 12.3. The van der Waals surface area contributed by atoms with Crippen LogP contribution in [0.2, 0.25) is 5.02 Å². The van der Waals surface area contributed by atoms with Gasteiger partial charge in [-0.3, -0.25) is 0 Å². The van der Waals surface area contributed by atoms with Crippen molar-refractivity contribution < 1.29 is 0 Å². The lowest BCUT2D eigenvalue weighted by Crippen LogP contribution is -2.38. The van der Waals surface area contributed by atoms with E-state index in [9.17, 15) is 0 Å². The van der Waals surface area contributed by atoms with Gasteiger partial charge in [-0.25, -0.2) is 15.0 Å². The molecule has 0 aliphatic carbocycles. The molecule has 1 saturated heterocycles. The summed E-state index contributed by atoms with van der Waals surface area (Å²) in [5.74, 6) is 2.46. The van der Waals surface area contributed by atoms with Crippen LogP contribution in [0.15, 0.2) is 24.8 Å². The SMILES string of the molecule is Cc1nccn1C[C@H]1CCCN(c2ncc(Cl)cn2)C1. The van der Waals surface area contributed by atoms with Crippen LogP contribution in [0.25, 0.3) is 0 Å². The molecule has 3 heterocycles. The largest absolute Gasteiger partial charge is 0.340 e. The van der Waals surface area contributed by atoms with E-state index in [1.807, 2.05) is 19.3 Å². The van der Waals surface area contributed by atoms with E-state index < -0.39 is 0 Å². The van der Waals surface area contributed by atoms with Gasteiger partial charge in [-0.1, -0.05) is 11.6 Å². The van der Waals surface area contributed by atoms with Crippen molar-refractivity contribution in [2.75, 3.05) is 18.0 Å². The van der Waals surface area contributed by atoms with E-state index in [2.05, 4.69) is 24.4 Å². The van der Waals surface area contributed by atoms with Gasteiger partial charge in [-0.2, -0.15) is 0 Å². The molecule has 1 aliphatic heterocycles. The highest BCUT2D eigenvalue weighted by atomic mass is 35.5. The predicted molar refractivity (Wildman–Crippen MR) is 78.9 cm³/mol. The van der Waals surface area contributed by atoms with E-state index in [-0.39, 0.29) is 0 Å². The maximum absolute atomic E-state index is 5.84. The molecule has 0 amide bonds. The number of imidazole rings is 1. The van der Waals surface area contributed by atoms with Crippen LogP contribution in [-0.2, 0) is 6.54 Å². The minimum absolute atomic E-state index is 0.580. The lowest BCUT2D eigenvalue weighted by Gasteiger charge is -2.33. The van der Waals surface area contributed by atoms with Crippen molar-refractivity contribution in [3.63, 3.8) is 0 Å². The van der Waals surface area contributed by atoms with E-state index in [0.29, 0.717) is 10.9 Å². The number of halogens is 1. The Morgan fingerprint density at radius 2 is 2.10 bits per heavy atom. The summed E-state index contributed by atoms with van der Waals surface area (Å²) in [5, 5.41) is 0.580. The number of anilines is 1. The van der Waals surface area contributed by atoms with Crippen molar-refractivity contribution in [2.45, 2.75) is 26.3 Å². The molecule has 1 atom stereocenters. The molecule has 0 radical (unpaired) electrons. The Hall–Kier alpha value is -1.62. The minimum atomic E-state index is 0.580. The molecule has 3 rings (SSSR count). The van der Waals surface area contributed by atoms with Crippen LogP contribution in [0.5, 0.6) is 0 Å². The molecule has 106 valence electrons. The monoisotopic (exact) mass is 291 g/mol. The number of aromatic nitrogens is 4. The summed E-state index contributed by atoms with van der Waals surface area (Å²) in [5.41, 5.74) is 0. The van der Waals surface area contributed by atoms with Gasteiger partial charge < -0.3 is 9.47 Å². The first-order valence-electron chi connectivity index (χ1n) is 6.92. The molecule has 2 aromatic heterocycles. The molecule has 0 unspecified atom stereocenters. The Kier molecular flexibility index (Phi) is 3.87. The van der Waals surface area contributed by atoms with Gasteiger partial charge in [0.2, 0.25) is 5.95 Å². The number of aryl methyl sites for hydroxylation is 1. The van der Waals surface area contributed by atoms with E-state index >= 15 is 0 Å². The highest BCUT2D eigenvalue weighted by Crippen LogP contribution is 2.22. The summed E-state index contributed by atoms with van der Waals surface area (Å²) in [6.07, 6.45) is 9.64. The van der Waals surface area contributed by atoms with E-state index in [4.69, 9.17) is 11.6 Å². The summed E-state index contributed by atoms with van der Waals surface area (Å²) >= 11 is 5.84. The van der Waals surface area contributed by atoms with Crippen LogP contribution in [-0.4, -0.2) is 32.6 Å². The van der Waals surface area contributed by atoms with Crippen molar-refractivity contribution >= 4 is 17.5 Å². The van der Waals surface area contributed by atoms with Crippen LogP contribution in [0.4, 0.5) is 5.95 Å². The number of nitrogens with zero attached hydrogens (tertiary/aromatic N) is 5.